The molecule has 0 amide bonds. The van der Waals surface area contributed by atoms with Gasteiger partial charge in [0.25, 0.3) is 0 Å². The third-order valence-electron chi connectivity index (χ3n) is 2.97. The average Bonchev–Trinajstić information content (AvgIpc) is 2.41. The lowest BCUT2D eigenvalue weighted by Gasteiger charge is -2.17. The van der Waals surface area contributed by atoms with E-state index in [1.54, 1.807) is 6.92 Å². The van der Waals surface area contributed by atoms with Crippen LogP contribution in [0, 0.1) is 5.82 Å². The second-order valence-corrected chi connectivity index (χ2v) is 4.47. The van der Waals surface area contributed by atoms with Crippen molar-refractivity contribution in [2.24, 2.45) is 0 Å². The number of nitrogens with one attached hydrogen (secondary N) is 1. The van der Waals surface area contributed by atoms with E-state index >= 15 is 0 Å². The largest absolute Gasteiger partial charge is 0.416 e. The Morgan fingerprint density at radius 3 is 2.25 bits per heavy atom. The van der Waals surface area contributed by atoms with Gasteiger partial charge in [-0.05, 0) is 30.7 Å². The van der Waals surface area contributed by atoms with Crippen molar-refractivity contribution < 1.29 is 17.6 Å². The van der Waals surface area contributed by atoms with Gasteiger partial charge < -0.3 is 5.32 Å². The van der Waals surface area contributed by atoms with Crippen LogP contribution in [-0.2, 0) is 6.18 Å². The molecule has 0 radical (unpaired) electrons. The van der Waals surface area contributed by atoms with Crippen molar-refractivity contribution in [2.75, 3.05) is 5.32 Å². The predicted octanol–water partition coefficient (Wildman–Crippen LogP) is 5.02. The summed E-state index contributed by atoms with van der Waals surface area (Å²) in [5, 5.41) is 2.76. The first-order valence-corrected chi connectivity index (χ1v) is 6.06. The van der Waals surface area contributed by atoms with Crippen LogP contribution in [0.25, 0.3) is 0 Å². The number of benzene rings is 2. The Balaban J connectivity index is 2.25. The average molecular weight is 283 g/mol. The summed E-state index contributed by atoms with van der Waals surface area (Å²) in [6.45, 7) is 1.76. The number of alkyl halides is 3. The van der Waals surface area contributed by atoms with Crippen molar-refractivity contribution in [2.45, 2.75) is 19.1 Å². The Kier molecular flexibility index (Phi) is 3.97. The van der Waals surface area contributed by atoms with Crippen LogP contribution in [0.2, 0.25) is 0 Å². The summed E-state index contributed by atoms with van der Waals surface area (Å²) in [7, 11) is 0. The SMILES string of the molecule is CC(Nc1cc(C(F)(F)F)ccc1F)c1ccccc1. The Labute approximate surface area is 114 Å². The van der Waals surface area contributed by atoms with Crippen molar-refractivity contribution in [3.05, 3.63) is 65.5 Å². The molecule has 2 aromatic rings. The minimum absolute atomic E-state index is 0.156. The van der Waals surface area contributed by atoms with Crippen molar-refractivity contribution in [3.63, 3.8) is 0 Å². The van der Waals surface area contributed by atoms with E-state index in [2.05, 4.69) is 5.32 Å². The molecule has 1 unspecified atom stereocenters. The van der Waals surface area contributed by atoms with E-state index in [-0.39, 0.29) is 11.7 Å². The molecular weight excluding hydrogens is 270 g/mol. The molecule has 0 aliphatic carbocycles. The highest BCUT2D eigenvalue weighted by atomic mass is 19.4. The van der Waals surface area contributed by atoms with E-state index in [0.29, 0.717) is 0 Å². The molecule has 2 aromatic carbocycles. The van der Waals surface area contributed by atoms with E-state index in [0.717, 1.165) is 23.8 Å². The molecule has 1 N–H and O–H groups in total. The summed E-state index contributed by atoms with van der Waals surface area (Å²) in [6.07, 6.45) is -4.49. The van der Waals surface area contributed by atoms with E-state index in [4.69, 9.17) is 0 Å². The molecule has 0 aliphatic rings. The maximum absolute atomic E-state index is 13.6. The summed E-state index contributed by atoms with van der Waals surface area (Å²) in [5.74, 6) is -0.708. The number of hydrogen-bond donors (Lipinski definition) is 1. The number of halogens is 4. The summed E-state index contributed by atoms with van der Waals surface area (Å²) >= 11 is 0. The first-order chi connectivity index (χ1) is 9.38. The molecule has 2 rings (SSSR count). The highest BCUT2D eigenvalue weighted by molar-refractivity contribution is 5.49. The Hall–Kier alpha value is -2.04. The van der Waals surface area contributed by atoms with Crippen molar-refractivity contribution >= 4 is 5.69 Å². The van der Waals surface area contributed by atoms with Crippen molar-refractivity contribution in [1.82, 2.24) is 0 Å². The van der Waals surface area contributed by atoms with Gasteiger partial charge in [-0.2, -0.15) is 13.2 Å². The van der Waals surface area contributed by atoms with Gasteiger partial charge in [0.05, 0.1) is 11.3 Å². The summed E-state index contributed by atoms with van der Waals surface area (Å²) in [6, 6.07) is 11.2. The maximum atomic E-state index is 13.6. The Morgan fingerprint density at radius 1 is 1.00 bits per heavy atom. The fourth-order valence-corrected chi connectivity index (χ4v) is 1.87. The van der Waals surface area contributed by atoms with Crippen LogP contribution in [0.4, 0.5) is 23.2 Å². The minimum Gasteiger partial charge on any atom is -0.376 e. The van der Waals surface area contributed by atoms with Crippen LogP contribution >= 0.6 is 0 Å². The predicted molar refractivity (Wildman–Crippen MR) is 69.9 cm³/mol. The second kappa shape index (κ2) is 5.53. The van der Waals surface area contributed by atoms with Crippen LogP contribution in [0.1, 0.15) is 24.1 Å². The summed E-state index contributed by atoms with van der Waals surface area (Å²) < 4.78 is 51.4. The van der Waals surface area contributed by atoms with Gasteiger partial charge in [-0.3, -0.25) is 0 Å². The van der Waals surface area contributed by atoms with Crippen molar-refractivity contribution in [3.8, 4) is 0 Å². The molecule has 106 valence electrons. The zero-order chi connectivity index (χ0) is 14.8. The van der Waals surface area contributed by atoms with Gasteiger partial charge in [-0.1, -0.05) is 30.3 Å². The van der Waals surface area contributed by atoms with Gasteiger partial charge in [0.1, 0.15) is 5.82 Å². The molecule has 0 heterocycles. The molecule has 0 aromatic heterocycles. The molecule has 0 saturated carbocycles. The lowest BCUT2D eigenvalue weighted by molar-refractivity contribution is -0.137. The standard InChI is InChI=1S/C15H13F4N/c1-10(11-5-3-2-4-6-11)20-14-9-12(15(17,18)19)7-8-13(14)16/h2-10,20H,1H3. The first kappa shape index (κ1) is 14.4. The number of rotatable bonds is 3. The van der Waals surface area contributed by atoms with Crippen LogP contribution in [-0.4, -0.2) is 0 Å². The quantitative estimate of drug-likeness (QED) is 0.780. The number of hydrogen-bond acceptors (Lipinski definition) is 1. The topological polar surface area (TPSA) is 12.0 Å². The molecule has 0 bridgehead atoms. The minimum atomic E-state index is -4.49. The fourth-order valence-electron chi connectivity index (χ4n) is 1.87. The third kappa shape index (κ3) is 3.29. The molecule has 0 spiro atoms. The van der Waals surface area contributed by atoms with Crippen molar-refractivity contribution in [1.29, 1.82) is 0 Å². The maximum Gasteiger partial charge on any atom is 0.416 e. The zero-order valence-corrected chi connectivity index (χ0v) is 10.7. The van der Waals surface area contributed by atoms with Gasteiger partial charge in [-0.25, -0.2) is 4.39 Å². The molecule has 0 fully saturated rings. The van der Waals surface area contributed by atoms with Crippen LogP contribution in [0.3, 0.4) is 0 Å². The zero-order valence-electron chi connectivity index (χ0n) is 10.7. The Morgan fingerprint density at radius 2 is 1.65 bits per heavy atom. The number of anilines is 1. The first-order valence-electron chi connectivity index (χ1n) is 6.06. The molecule has 0 saturated heterocycles. The third-order valence-corrected chi connectivity index (χ3v) is 2.97. The molecule has 0 aliphatic heterocycles. The van der Waals surface area contributed by atoms with Gasteiger partial charge in [0.2, 0.25) is 0 Å². The summed E-state index contributed by atoms with van der Waals surface area (Å²) in [4.78, 5) is 0. The van der Waals surface area contributed by atoms with Gasteiger partial charge in [-0.15, -0.1) is 0 Å². The normalized spacial score (nSPS) is 13.1. The van der Waals surface area contributed by atoms with E-state index in [1.165, 1.54) is 0 Å². The van der Waals surface area contributed by atoms with Gasteiger partial charge in [0, 0.05) is 6.04 Å². The molecule has 20 heavy (non-hydrogen) atoms. The highest BCUT2D eigenvalue weighted by Gasteiger charge is 2.31. The lowest BCUT2D eigenvalue weighted by Crippen LogP contribution is -2.10. The Bertz CT molecular complexity index is 578. The molecule has 1 atom stereocenters. The molecular formula is C15H13F4N. The van der Waals surface area contributed by atoms with Gasteiger partial charge in [0.15, 0.2) is 0 Å². The van der Waals surface area contributed by atoms with E-state index in [9.17, 15) is 17.6 Å². The second-order valence-electron chi connectivity index (χ2n) is 4.47. The smallest absolute Gasteiger partial charge is 0.376 e. The monoisotopic (exact) mass is 283 g/mol. The fraction of sp³-hybridized carbons (Fsp3) is 0.200. The van der Waals surface area contributed by atoms with Crippen LogP contribution < -0.4 is 5.32 Å². The highest BCUT2D eigenvalue weighted by Crippen LogP contribution is 2.32. The summed E-state index contributed by atoms with van der Waals surface area (Å²) in [5.41, 5.74) is -0.165. The van der Waals surface area contributed by atoms with Gasteiger partial charge >= 0.3 is 6.18 Å². The van der Waals surface area contributed by atoms with E-state index in [1.807, 2.05) is 30.3 Å². The lowest BCUT2D eigenvalue weighted by atomic mass is 10.1. The van der Waals surface area contributed by atoms with Crippen LogP contribution in [0.15, 0.2) is 48.5 Å². The molecule has 5 heteroatoms. The van der Waals surface area contributed by atoms with E-state index < -0.39 is 17.6 Å². The molecule has 1 nitrogen and oxygen atoms in total. The van der Waals surface area contributed by atoms with Crippen LogP contribution in [0.5, 0.6) is 0 Å².